The molecule has 0 radical (unpaired) electrons. The summed E-state index contributed by atoms with van der Waals surface area (Å²) in [6, 6.07) is 9.92. The summed E-state index contributed by atoms with van der Waals surface area (Å²) in [6.07, 6.45) is 3.69. The molecule has 4 rings (SSSR count). The van der Waals surface area contributed by atoms with Crippen molar-refractivity contribution >= 4 is 17.7 Å². The molecule has 0 unspecified atom stereocenters. The molecule has 0 atom stereocenters. The van der Waals surface area contributed by atoms with E-state index in [1.165, 1.54) is 11.8 Å². The van der Waals surface area contributed by atoms with E-state index in [9.17, 15) is 4.79 Å². The lowest BCUT2D eigenvalue weighted by Gasteiger charge is -2.22. The highest BCUT2D eigenvalue weighted by atomic mass is 32.2. The van der Waals surface area contributed by atoms with Crippen molar-refractivity contribution in [1.82, 2.24) is 15.1 Å². The van der Waals surface area contributed by atoms with Crippen LogP contribution in [0, 0.1) is 6.92 Å². The van der Waals surface area contributed by atoms with Crippen molar-refractivity contribution in [2.75, 3.05) is 12.9 Å². The summed E-state index contributed by atoms with van der Waals surface area (Å²) < 4.78 is 16.1. The highest BCUT2D eigenvalue weighted by molar-refractivity contribution is 7.99. The number of rotatable bonds is 8. The van der Waals surface area contributed by atoms with Crippen LogP contribution in [0.15, 0.2) is 50.7 Å². The topological polar surface area (TPSA) is 81.6 Å². The zero-order chi connectivity index (χ0) is 19.5. The van der Waals surface area contributed by atoms with Gasteiger partial charge in [0.2, 0.25) is 5.91 Å². The number of aromatic nitrogens is 2. The zero-order valence-electron chi connectivity index (χ0n) is 15.8. The molecule has 0 N–H and O–H groups in total. The van der Waals surface area contributed by atoms with Crippen molar-refractivity contribution < 1.29 is 18.4 Å². The Bertz CT molecular complexity index is 947. The van der Waals surface area contributed by atoms with Crippen LogP contribution in [0.1, 0.15) is 24.2 Å². The van der Waals surface area contributed by atoms with Gasteiger partial charge in [0.05, 0.1) is 24.7 Å². The van der Waals surface area contributed by atoms with Gasteiger partial charge in [-0.1, -0.05) is 23.9 Å². The molecule has 1 saturated carbocycles. The third-order valence-corrected chi connectivity index (χ3v) is 5.44. The molecule has 0 bridgehead atoms. The van der Waals surface area contributed by atoms with E-state index in [4.69, 9.17) is 13.6 Å². The van der Waals surface area contributed by atoms with E-state index in [-0.39, 0.29) is 11.7 Å². The second-order valence-corrected chi connectivity index (χ2v) is 7.58. The lowest BCUT2D eigenvalue weighted by Crippen LogP contribution is -2.33. The summed E-state index contributed by atoms with van der Waals surface area (Å²) in [7, 11) is 1.64. The molecule has 8 heteroatoms. The Morgan fingerprint density at radius 3 is 2.68 bits per heavy atom. The Kier molecular flexibility index (Phi) is 5.38. The Morgan fingerprint density at radius 1 is 1.25 bits per heavy atom. The summed E-state index contributed by atoms with van der Waals surface area (Å²) in [5, 5.41) is 8.45. The number of furan rings is 1. The van der Waals surface area contributed by atoms with Crippen LogP contribution in [0.25, 0.3) is 11.5 Å². The van der Waals surface area contributed by atoms with Crippen LogP contribution in [-0.4, -0.2) is 39.9 Å². The third-order valence-electron chi connectivity index (χ3n) is 4.63. The van der Waals surface area contributed by atoms with Crippen LogP contribution in [-0.2, 0) is 11.3 Å². The van der Waals surface area contributed by atoms with E-state index >= 15 is 0 Å². The minimum atomic E-state index is 0.0718. The lowest BCUT2D eigenvalue weighted by atomic mass is 10.2. The number of benzene rings is 1. The molecule has 0 aliphatic heterocycles. The van der Waals surface area contributed by atoms with Crippen LogP contribution in [0.5, 0.6) is 5.75 Å². The number of methoxy groups -OCH3 is 1. The molecule has 1 aliphatic rings. The summed E-state index contributed by atoms with van der Waals surface area (Å²) in [5.74, 6) is 2.26. The molecule has 1 aromatic carbocycles. The number of thioether (sulfide) groups is 1. The van der Waals surface area contributed by atoms with Crippen LogP contribution in [0.3, 0.4) is 0 Å². The number of hydrogen-bond acceptors (Lipinski definition) is 7. The molecule has 1 amide bonds. The van der Waals surface area contributed by atoms with Crippen molar-refractivity contribution in [2.24, 2.45) is 0 Å². The van der Waals surface area contributed by atoms with Crippen molar-refractivity contribution in [3.05, 3.63) is 47.9 Å². The summed E-state index contributed by atoms with van der Waals surface area (Å²) >= 11 is 1.26. The molecule has 3 aromatic rings. The largest absolute Gasteiger partial charge is 0.497 e. The Labute approximate surface area is 167 Å². The van der Waals surface area contributed by atoms with Gasteiger partial charge < -0.3 is 18.5 Å². The molecule has 7 nitrogen and oxygen atoms in total. The normalized spacial score (nSPS) is 13.5. The number of carbonyl (C=O) groups is 1. The Morgan fingerprint density at radius 2 is 2.04 bits per heavy atom. The predicted octanol–water partition coefficient (Wildman–Crippen LogP) is 3.93. The molecule has 146 valence electrons. The van der Waals surface area contributed by atoms with E-state index < -0.39 is 0 Å². The van der Waals surface area contributed by atoms with Gasteiger partial charge in [0.1, 0.15) is 11.5 Å². The molecule has 1 aliphatic carbocycles. The van der Waals surface area contributed by atoms with Gasteiger partial charge in [0.15, 0.2) is 0 Å². The van der Waals surface area contributed by atoms with Crippen LogP contribution in [0.2, 0.25) is 0 Å². The van der Waals surface area contributed by atoms with Gasteiger partial charge >= 0.3 is 0 Å². The van der Waals surface area contributed by atoms with Crippen LogP contribution >= 0.6 is 11.8 Å². The van der Waals surface area contributed by atoms with E-state index in [1.54, 1.807) is 19.4 Å². The van der Waals surface area contributed by atoms with Crippen molar-refractivity contribution in [1.29, 1.82) is 0 Å². The number of nitrogens with zero attached hydrogens (tertiary/aromatic N) is 3. The highest BCUT2D eigenvalue weighted by Crippen LogP contribution is 2.31. The van der Waals surface area contributed by atoms with E-state index in [0.29, 0.717) is 23.7 Å². The zero-order valence-corrected chi connectivity index (χ0v) is 16.6. The first-order valence-corrected chi connectivity index (χ1v) is 10.1. The summed E-state index contributed by atoms with van der Waals surface area (Å²) in [6.45, 7) is 2.43. The van der Waals surface area contributed by atoms with Gasteiger partial charge in [0, 0.05) is 12.6 Å². The average Bonchev–Trinajstić information content (AvgIpc) is 3.29. The number of aryl methyl sites for hydroxylation is 1. The molecular formula is C20H21N3O4S. The number of hydrogen-bond donors (Lipinski definition) is 0. The molecular weight excluding hydrogens is 378 g/mol. The molecule has 2 heterocycles. The molecule has 0 spiro atoms. The SMILES string of the molecule is COc1ccc(CN(C(=O)CSc2nnc(-c3ccoc3C)o2)C2CC2)cc1. The fraction of sp³-hybridized carbons (Fsp3) is 0.350. The van der Waals surface area contributed by atoms with Gasteiger partial charge in [-0.2, -0.15) is 0 Å². The number of amides is 1. The standard InChI is InChI=1S/C20H21N3O4S/c1-13-17(9-10-26-13)19-21-22-20(27-19)28-12-18(24)23(15-5-6-15)11-14-3-7-16(25-2)8-4-14/h3-4,7-10,15H,5-6,11-12H2,1-2H3. The van der Waals surface area contributed by atoms with E-state index in [0.717, 1.165) is 35.5 Å². The van der Waals surface area contributed by atoms with Crippen LogP contribution in [0.4, 0.5) is 0 Å². The fourth-order valence-corrected chi connectivity index (χ4v) is 3.57. The minimum absolute atomic E-state index is 0.0718. The van der Waals surface area contributed by atoms with E-state index in [2.05, 4.69) is 10.2 Å². The van der Waals surface area contributed by atoms with Crippen molar-refractivity contribution in [3.63, 3.8) is 0 Å². The molecule has 2 aromatic heterocycles. The Hall–Kier alpha value is -2.74. The monoisotopic (exact) mass is 399 g/mol. The van der Waals surface area contributed by atoms with Crippen molar-refractivity contribution in [3.8, 4) is 17.2 Å². The first-order chi connectivity index (χ1) is 13.6. The first kappa shape index (κ1) is 18.6. The van der Waals surface area contributed by atoms with E-state index in [1.807, 2.05) is 36.1 Å². The predicted molar refractivity (Wildman–Crippen MR) is 104 cm³/mol. The minimum Gasteiger partial charge on any atom is -0.497 e. The second kappa shape index (κ2) is 8.10. The Balaban J connectivity index is 1.37. The fourth-order valence-electron chi connectivity index (χ4n) is 2.92. The molecule has 1 fully saturated rings. The summed E-state index contributed by atoms with van der Waals surface area (Å²) in [5.41, 5.74) is 1.85. The molecule has 28 heavy (non-hydrogen) atoms. The first-order valence-electron chi connectivity index (χ1n) is 9.07. The highest BCUT2D eigenvalue weighted by Gasteiger charge is 2.32. The lowest BCUT2D eigenvalue weighted by molar-refractivity contribution is -0.129. The van der Waals surface area contributed by atoms with Crippen molar-refractivity contribution in [2.45, 2.75) is 37.6 Å². The van der Waals surface area contributed by atoms with Gasteiger partial charge in [-0.15, -0.1) is 10.2 Å². The van der Waals surface area contributed by atoms with Gasteiger partial charge in [-0.25, -0.2) is 0 Å². The molecule has 0 saturated heterocycles. The van der Waals surface area contributed by atoms with Gasteiger partial charge in [-0.3, -0.25) is 4.79 Å². The second-order valence-electron chi connectivity index (χ2n) is 6.65. The van der Waals surface area contributed by atoms with Gasteiger partial charge in [0.25, 0.3) is 11.1 Å². The number of carbonyl (C=O) groups excluding carboxylic acids is 1. The average molecular weight is 399 g/mol. The van der Waals surface area contributed by atoms with Gasteiger partial charge in [-0.05, 0) is 43.5 Å². The third kappa shape index (κ3) is 4.22. The maximum atomic E-state index is 12.8. The summed E-state index contributed by atoms with van der Waals surface area (Å²) in [4.78, 5) is 14.7. The van der Waals surface area contributed by atoms with Crippen LogP contribution < -0.4 is 4.74 Å². The maximum absolute atomic E-state index is 12.8. The quantitative estimate of drug-likeness (QED) is 0.531. The smallest absolute Gasteiger partial charge is 0.277 e. The maximum Gasteiger partial charge on any atom is 0.277 e. The number of ether oxygens (including phenoxy) is 1.